The lowest BCUT2D eigenvalue weighted by molar-refractivity contribution is 0.0563. The van der Waals surface area contributed by atoms with Crippen molar-refractivity contribution < 1.29 is 18.7 Å². The van der Waals surface area contributed by atoms with Gasteiger partial charge in [0.2, 0.25) is 5.76 Å². The number of nitrogens with one attached hydrogen (secondary N) is 1. The van der Waals surface area contributed by atoms with Gasteiger partial charge in [0, 0.05) is 25.3 Å². The predicted octanol–water partition coefficient (Wildman–Crippen LogP) is 1.97. The molecule has 102 valence electrons. The molecule has 1 atom stereocenters. The van der Waals surface area contributed by atoms with Gasteiger partial charge in [-0.15, -0.1) is 0 Å². The van der Waals surface area contributed by atoms with Crippen molar-refractivity contribution in [2.75, 3.05) is 20.8 Å². The Hall–Kier alpha value is -1.33. The average Bonchev–Trinajstić information content (AvgIpc) is 2.84. The summed E-state index contributed by atoms with van der Waals surface area (Å²) >= 11 is 0. The summed E-state index contributed by atoms with van der Waals surface area (Å²) in [5.74, 6) is -0.187. The molecule has 0 spiro atoms. The first kappa shape index (κ1) is 14.7. The highest BCUT2D eigenvalue weighted by molar-refractivity contribution is 5.87. The number of hydrogen-bond acceptors (Lipinski definition) is 5. The van der Waals surface area contributed by atoms with Crippen molar-refractivity contribution >= 4 is 5.97 Å². The van der Waals surface area contributed by atoms with Gasteiger partial charge in [-0.2, -0.15) is 0 Å². The van der Waals surface area contributed by atoms with Gasteiger partial charge in [-0.3, -0.25) is 0 Å². The van der Waals surface area contributed by atoms with Crippen LogP contribution in [0.25, 0.3) is 0 Å². The summed E-state index contributed by atoms with van der Waals surface area (Å²) in [6, 6.07) is 2.05. The van der Waals surface area contributed by atoms with E-state index in [0.717, 1.165) is 18.4 Å². The Morgan fingerprint density at radius 1 is 1.50 bits per heavy atom. The van der Waals surface area contributed by atoms with Crippen LogP contribution in [0.3, 0.4) is 0 Å². The molecule has 0 aromatic carbocycles. The van der Waals surface area contributed by atoms with E-state index in [1.807, 2.05) is 0 Å². The molecular formula is C13H21NO4. The molecule has 0 aliphatic heterocycles. The molecule has 0 amide bonds. The van der Waals surface area contributed by atoms with Gasteiger partial charge >= 0.3 is 5.97 Å². The van der Waals surface area contributed by atoms with Crippen LogP contribution in [0, 0.1) is 0 Å². The largest absolute Gasteiger partial charge is 0.463 e. The van der Waals surface area contributed by atoms with Gasteiger partial charge in [-0.1, -0.05) is 13.3 Å². The summed E-state index contributed by atoms with van der Waals surface area (Å²) in [4.78, 5) is 11.4. The quantitative estimate of drug-likeness (QED) is 0.720. The summed E-state index contributed by atoms with van der Waals surface area (Å²) in [7, 11) is 3.02. The molecule has 1 unspecified atom stereocenters. The van der Waals surface area contributed by atoms with Gasteiger partial charge in [-0.05, 0) is 12.5 Å². The third kappa shape index (κ3) is 4.16. The van der Waals surface area contributed by atoms with Gasteiger partial charge in [0.1, 0.15) is 0 Å². The predicted molar refractivity (Wildman–Crippen MR) is 67.5 cm³/mol. The summed E-state index contributed by atoms with van der Waals surface area (Å²) in [5, 5.41) is 3.35. The molecule has 0 saturated carbocycles. The molecular weight excluding hydrogens is 234 g/mol. The number of rotatable bonds is 8. The molecule has 0 saturated heterocycles. The van der Waals surface area contributed by atoms with Crippen molar-refractivity contribution in [3.8, 4) is 0 Å². The zero-order valence-corrected chi connectivity index (χ0v) is 11.2. The summed E-state index contributed by atoms with van der Waals surface area (Å²) < 4.78 is 14.9. The first-order chi connectivity index (χ1) is 8.72. The minimum atomic E-state index is -0.449. The fraction of sp³-hybridized carbons (Fsp3) is 0.615. The Bertz CT molecular complexity index is 356. The van der Waals surface area contributed by atoms with Crippen LogP contribution in [0.4, 0.5) is 0 Å². The molecule has 5 heteroatoms. The Morgan fingerprint density at radius 2 is 2.28 bits per heavy atom. The van der Waals surface area contributed by atoms with Crippen LogP contribution in [0.15, 0.2) is 16.7 Å². The van der Waals surface area contributed by atoms with Crippen molar-refractivity contribution in [2.45, 2.75) is 32.4 Å². The van der Waals surface area contributed by atoms with E-state index < -0.39 is 5.97 Å². The number of carbonyl (C=O) groups is 1. The molecule has 1 heterocycles. The van der Waals surface area contributed by atoms with Crippen LogP contribution in [0.1, 0.15) is 35.9 Å². The van der Waals surface area contributed by atoms with Crippen LogP contribution >= 0.6 is 0 Å². The SMILES string of the molecule is CCCC(COC)NCc1ccoc1C(=O)OC. The molecule has 1 aromatic heterocycles. The van der Waals surface area contributed by atoms with E-state index in [2.05, 4.69) is 17.0 Å². The average molecular weight is 255 g/mol. The van der Waals surface area contributed by atoms with E-state index >= 15 is 0 Å². The maximum atomic E-state index is 11.4. The fourth-order valence-electron chi connectivity index (χ4n) is 1.79. The summed E-state index contributed by atoms with van der Waals surface area (Å²) in [6.07, 6.45) is 3.60. The summed E-state index contributed by atoms with van der Waals surface area (Å²) in [6.45, 7) is 3.34. The van der Waals surface area contributed by atoms with E-state index in [0.29, 0.717) is 13.2 Å². The van der Waals surface area contributed by atoms with Gasteiger partial charge in [0.05, 0.1) is 20.0 Å². The minimum absolute atomic E-state index is 0.262. The molecule has 1 rings (SSSR count). The Balaban J connectivity index is 2.56. The van der Waals surface area contributed by atoms with E-state index in [1.165, 1.54) is 13.4 Å². The molecule has 18 heavy (non-hydrogen) atoms. The topological polar surface area (TPSA) is 60.7 Å². The Morgan fingerprint density at radius 3 is 2.89 bits per heavy atom. The molecule has 0 bridgehead atoms. The second kappa shape index (κ2) is 7.89. The number of hydrogen-bond donors (Lipinski definition) is 1. The highest BCUT2D eigenvalue weighted by atomic mass is 16.5. The lowest BCUT2D eigenvalue weighted by atomic mass is 10.1. The van der Waals surface area contributed by atoms with Gasteiger partial charge in [-0.25, -0.2) is 4.79 Å². The second-order valence-electron chi connectivity index (χ2n) is 4.09. The molecule has 0 aliphatic carbocycles. The van der Waals surface area contributed by atoms with Crippen LogP contribution in [0.5, 0.6) is 0 Å². The number of esters is 1. The normalized spacial score (nSPS) is 12.4. The van der Waals surface area contributed by atoms with E-state index in [1.54, 1.807) is 13.2 Å². The third-order valence-electron chi connectivity index (χ3n) is 2.70. The lowest BCUT2D eigenvalue weighted by Crippen LogP contribution is -2.32. The number of furan rings is 1. The van der Waals surface area contributed by atoms with Crippen LogP contribution < -0.4 is 5.32 Å². The number of carbonyl (C=O) groups excluding carboxylic acids is 1. The fourth-order valence-corrected chi connectivity index (χ4v) is 1.79. The highest BCUT2D eigenvalue weighted by Crippen LogP contribution is 2.12. The van der Waals surface area contributed by atoms with Crippen LogP contribution in [-0.2, 0) is 16.0 Å². The lowest BCUT2D eigenvalue weighted by Gasteiger charge is -2.16. The van der Waals surface area contributed by atoms with Gasteiger partial charge < -0.3 is 19.2 Å². The first-order valence-electron chi connectivity index (χ1n) is 6.09. The molecule has 0 aliphatic rings. The van der Waals surface area contributed by atoms with Gasteiger partial charge in [0.25, 0.3) is 0 Å². The second-order valence-corrected chi connectivity index (χ2v) is 4.09. The number of methoxy groups -OCH3 is 2. The summed E-state index contributed by atoms with van der Waals surface area (Å²) in [5.41, 5.74) is 0.805. The molecule has 0 fully saturated rings. The number of ether oxygens (including phenoxy) is 2. The Labute approximate surface area is 107 Å². The van der Waals surface area contributed by atoms with E-state index in [-0.39, 0.29) is 11.8 Å². The van der Waals surface area contributed by atoms with E-state index in [4.69, 9.17) is 9.15 Å². The zero-order valence-electron chi connectivity index (χ0n) is 11.2. The standard InChI is InChI=1S/C13H21NO4/c1-4-5-11(9-16-2)14-8-10-6-7-18-12(10)13(15)17-3/h6-7,11,14H,4-5,8-9H2,1-3H3. The molecule has 1 N–H and O–H groups in total. The monoisotopic (exact) mass is 255 g/mol. The van der Waals surface area contributed by atoms with Crippen LogP contribution in [0.2, 0.25) is 0 Å². The van der Waals surface area contributed by atoms with Crippen molar-refractivity contribution in [3.05, 3.63) is 23.7 Å². The van der Waals surface area contributed by atoms with E-state index in [9.17, 15) is 4.79 Å². The molecule has 5 nitrogen and oxygen atoms in total. The van der Waals surface area contributed by atoms with Gasteiger partial charge in [0.15, 0.2) is 0 Å². The maximum Gasteiger partial charge on any atom is 0.374 e. The molecule has 0 radical (unpaired) electrons. The minimum Gasteiger partial charge on any atom is -0.463 e. The highest BCUT2D eigenvalue weighted by Gasteiger charge is 2.16. The van der Waals surface area contributed by atoms with Crippen LogP contribution in [-0.4, -0.2) is 32.8 Å². The molecule has 1 aromatic rings. The zero-order chi connectivity index (χ0) is 13.4. The Kier molecular flexibility index (Phi) is 6.46. The third-order valence-corrected chi connectivity index (χ3v) is 2.70. The van der Waals surface area contributed by atoms with Crippen molar-refractivity contribution in [1.82, 2.24) is 5.32 Å². The first-order valence-corrected chi connectivity index (χ1v) is 6.09. The maximum absolute atomic E-state index is 11.4. The van der Waals surface area contributed by atoms with Crippen molar-refractivity contribution in [3.63, 3.8) is 0 Å². The van der Waals surface area contributed by atoms with Crippen molar-refractivity contribution in [2.24, 2.45) is 0 Å². The van der Waals surface area contributed by atoms with Crippen molar-refractivity contribution in [1.29, 1.82) is 0 Å². The smallest absolute Gasteiger partial charge is 0.374 e.